The minimum Gasteiger partial charge on any atom is -0.352 e. The molecular weight excluding hydrogens is 288 g/mol. The number of hydrogen-bond acceptors (Lipinski definition) is 2. The molecule has 0 spiro atoms. The fraction of sp³-hybridized carbons (Fsp3) is 0.263. The van der Waals surface area contributed by atoms with E-state index >= 15 is 0 Å². The van der Waals surface area contributed by atoms with Gasteiger partial charge in [0.1, 0.15) is 0 Å². The van der Waals surface area contributed by atoms with Crippen molar-refractivity contribution in [3.8, 4) is 0 Å². The lowest BCUT2D eigenvalue weighted by Gasteiger charge is -2.08. The summed E-state index contributed by atoms with van der Waals surface area (Å²) in [6, 6.07) is 15.1. The molecule has 4 heteroatoms. The van der Waals surface area contributed by atoms with Crippen LogP contribution in [0.4, 0.5) is 5.69 Å². The second-order valence-corrected chi connectivity index (χ2v) is 5.47. The zero-order valence-electron chi connectivity index (χ0n) is 13.6. The molecule has 23 heavy (non-hydrogen) atoms. The molecule has 0 heterocycles. The van der Waals surface area contributed by atoms with Crippen LogP contribution in [0.5, 0.6) is 0 Å². The van der Waals surface area contributed by atoms with Crippen LogP contribution in [0.1, 0.15) is 34.8 Å². The maximum Gasteiger partial charge on any atom is 0.251 e. The van der Waals surface area contributed by atoms with Gasteiger partial charge in [-0.25, -0.2) is 0 Å². The van der Waals surface area contributed by atoms with E-state index in [0.717, 1.165) is 17.7 Å². The van der Waals surface area contributed by atoms with E-state index in [1.165, 1.54) is 5.56 Å². The summed E-state index contributed by atoms with van der Waals surface area (Å²) in [5.41, 5.74) is 3.65. The van der Waals surface area contributed by atoms with Crippen LogP contribution in [0.15, 0.2) is 48.5 Å². The van der Waals surface area contributed by atoms with Crippen LogP contribution in [0.3, 0.4) is 0 Å². The quantitative estimate of drug-likeness (QED) is 0.860. The monoisotopic (exact) mass is 310 g/mol. The van der Waals surface area contributed by atoms with Crippen molar-refractivity contribution in [2.24, 2.45) is 0 Å². The minimum atomic E-state index is -0.159. The molecule has 4 nitrogen and oxygen atoms in total. The highest BCUT2D eigenvalue weighted by Gasteiger charge is 2.07. The topological polar surface area (TPSA) is 58.2 Å². The molecular formula is C19H22N2O2. The highest BCUT2D eigenvalue weighted by molar-refractivity contribution is 5.95. The van der Waals surface area contributed by atoms with Crippen LogP contribution >= 0.6 is 0 Å². The Morgan fingerprint density at radius 3 is 2.43 bits per heavy atom. The van der Waals surface area contributed by atoms with Gasteiger partial charge in [-0.15, -0.1) is 0 Å². The van der Waals surface area contributed by atoms with E-state index in [1.54, 1.807) is 6.07 Å². The van der Waals surface area contributed by atoms with Gasteiger partial charge in [0.15, 0.2) is 0 Å². The van der Waals surface area contributed by atoms with E-state index in [4.69, 9.17) is 0 Å². The predicted octanol–water partition coefficient (Wildman–Crippen LogP) is 3.32. The summed E-state index contributed by atoms with van der Waals surface area (Å²) in [6.07, 6.45) is 1.21. The normalized spacial score (nSPS) is 10.2. The van der Waals surface area contributed by atoms with Gasteiger partial charge in [0.25, 0.3) is 5.91 Å². The van der Waals surface area contributed by atoms with Crippen molar-refractivity contribution in [2.75, 3.05) is 11.9 Å². The number of nitrogens with one attached hydrogen (secondary N) is 2. The third-order valence-corrected chi connectivity index (χ3v) is 3.56. The van der Waals surface area contributed by atoms with Crippen molar-refractivity contribution in [2.45, 2.75) is 26.7 Å². The van der Waals surface area contributed by atoms with Crippen molar-refractivity contribution >= 4 is 17.5 Å². The first-order chi connectivity index (χ1) is 11.1. The Labute approximate surface area is 136 Å². The molecule has 2 rings (SSSR count). The van der Waals surface area contributed by atoms with Crippen LogP contribution in [-0.2, 0) is 11.2 Å². The molecule has 0 bridgehead atoms. The molecule has 0 saturated carbocycles. The summed E-state index contributed by atoms with van der Waals surface area (Å²) in [6.45, 7) is 4.34. The van der Waals surface area contributed by atoms with Crippen molar-refractivity contribution in [1.82, 2.24) is 5.32 Å². The van der Waals surface area contributed by atoms with Crippen molar-refractivity contribution < 1.29 is 9.59 Å². The zero-order valence-corrected chi connectivity index (χ0v) is 13.6. The third kappa shape index (κ3) is 5.25. The van der Waals surface area contributed by atoms with E-state index < -0.39 is 0 Å². The predicted molar refractivity (Wildman–Crippen MR) is 92.6 cm³/mol. The number of anilines is 1. The van der Waals surface area contributed by atoms with E-state index in [2.05, 4.69) is 17.6 Å². The standard InChI is InChI=1S/C19H22N2O2/c1-3-15-7-9-17(10-8-15)21-18(22)11-12-20-19(23)16-6-4-5-14(2)13-16/h4-10,13H,3,11-12H2,1-2H3,(H,20,23)(H,21,22). The van der Waals surface area contributed by atoms with E-state index in [0.29, 0.717) is 12.1 Å². The summed E-state index contributed by atoms with van der Waals surface area (Å²) < 4.78 is 0. The number of carbonyl (C=O) groups excluding carboxylic acids is 2. The molecule has 0 radical (unpaired) electrons. The highest BCUT2D eigenvalue weighted by atomic mass is 16.2. The summed E-state index contributed by atoms with van der Waals surface area (Å²) in [5, 5.41) is 5.59. The van der Waals surface area contributed by atoms with E-state index in [1.807, 2.05) is 49.4 Å². The summed E-state index contributed by atoms with van der Waals surface area (Å²) in [5.74, 6) is -0.271. The van der Waals surface area contributed by atoms with Crippen molar-refractivity contribution in [3.05, 3.63) is 65.2 Å². The Morgan fingerprint density at radius 2 is 1.78 bits per heavy atom. The Hall–Kier alpha value is -2.62. The maximum absolute atomic E-state index is 12.0. The summed E-state index contributed by atoms with van der Waals surface area (Å²) in [4.78, 5) is 23.8. The minimum absolute atomic E-state index is 0.112. The number of hydrogen-bond donors (Lipinski definition) is 2. The number of amides is 2. The largest absolute Gasteiger partial charge is 0.352 e. The lowest BCUT2D eigenvalue weighted by molar-refractivity contribution is -0.116. The fourth-order valence-electron chi connectivity index (χ4n) is 2.23. The lowest BCUT2D eigenvalue weighted by Crippen LogP contribution is -2.27. The summed E-state index contributed by atoms with van der Waals surface area (Å²) >= 11 is 0. The first-order valence-corrected chi connectivity index (χ1v) is 7.82. The molecule has 0 aromatic heterocycles. The number of rotatable bonds is 6. The molecule has 2 amide bonds. The number of benzene rings is 2. The molecule has 0 aliphatic heterocycles. The van der Waals surface area contributed by atoms with Crippen LogP contribution in [0, 0.1) is 6.92 Å². The molecule has 0 unspecified atom stereocenters. The molecule has 0 atom stereocenters. The molecule has 2 aromatic rings. The Balaban J connectivity index is 1.77. The average molecular weight is 310 g/mol. The van der Waals surface area contributed by atoms with Crippen LogP contribution < -0.4 is 10.6 Å². The first kappa shape index (κ1) is 16.7. The lowest BCUT2D eigenvalue weighted by atomic mass is 10.1. The van der Waals surface area contributed by atoms with E-state index in [9.17, 15) is 9.59 Å². The van der Waals surface area contributed by atoms with Crippen LogP contribution in [0.25, 0.3) is 0 Å². The van der Waals surface area contributed by atoms with Crippen molar-refractivity contribution in [3.63, 3.8) is 0 Å². The molecule has 0 saturated heterocycles. The van der Waals surface area contributed by atoms with Gasteiger partial charge in [-0.3, -0.25) is 9.59 Å². The second-order valence-electron chi connectivity index (χ2n) is 5.47. The van der Waals surface area contributed by atoms with Gasteiger partial charge in [0.05, 0.1) is 0 Å². The number of aryl methyl sites for hydroxylation is 2. The number of carbonyl (C=O) groups is 2. The average Bonchev–Trinajstić information content (AvgIpc) is 2.55. The van der Waals surface area contributed by atoms with Gasteiger partial charge in [-0.1, -0.05) is 36.8 Å². The Morgan fingerprint density at radius 1 is 1.04 bits per heavy atom. The zero-order chi connectivity index (χ0) is 16.7. The van der Waals surface area contributed by atoms with Crippen LogP contribution in [-0.4, -0.2) is 18.4 Å². The molecule has 0 aliphatic rings. The maximum atomic E-state index is 12.0. The third-order valence-electron chi connectivity index (χ3n) is 3.56. The first-order valence-electron chi connectivity index (χ1n) is 7.82. The van der Waals surface area contributed by atoms with E-state index in [-0.39, 0.29) is 18.2 Å². The Kier molecular flexibility index (Phi) is 5.92. The molecule has 2 aromatic carbocycles. The van der Waals surface area contributed by atoms with Gasteiger partial charge in [-0.2, -0.15) is 0 Å². The van der Waals surface area contributed by atoms with Gasteiger partial charge >= 0.3 is 0 Å². The van der Waals surface area contributed by atoms with Crippen LogP contribution in [0.2, 0.25) is 0 Å². The smallest absolute Gasteiger partial charge is 0.251 e. The van der Waals surface area contributed by atoms with Gasteiger partial charge in [-0.05, 0) is 43.2 Å². The molecule has 0 aliphatic carbocycles. The molecule has 2 N–H and O–H groups in total. The Bertz CT molecular complexity index is 678. The van der Waals surface area contributed by atoms with Gasteiger partial charge < -0.3 is 10.6 Å². The SMILES string of the molecule is CCc1ccc(NC(=O)CCNC(=O)c2cccc(C)c2)cc1. The second kappa shape index (κ2) is 8.13. The van der Waals surface area contributed by atoms with Crippen molar-refractivity contribution in [1.29, 1.82) is 0 Å². The molecule has 120 valence electrons. The fourth-order valence-corrected chi connectivity index (χ4v) is 2.23. The summed E-state index contributed by atoms with van der Waals surface area (Å²) in [7, 11) is 0. The molecule has 0 fully saturated rings. The van der Waals surface area contributed by atoms with Gasteiger partial charge in [0.2, 0.25) is 5.91 Å². The highest BCUT2D eigenvalue weighted by Crippen LogP contribution is 2.10. The van der Waals surface area contributed by atoms with Gasteiger partial charge in [0, 0.05) is 24.2 Å².